The molecule has 8 nitrogen and oxygen atoms in total. The molecule has 130 valence electrons. The molecule has 1 aromatic heterocycles. The lowest BCUT2D eigenvalue weighted by atomic mass is 10.0. The Kier molecular flexibility index (Phi) is 3.87. The second-order valence-electron chi connectivity index (χ2n) is 6.36. The first-order chi connectivity index (χ1) is 12.1. The zero-order chi connectivity index (χ0) is 17.4. The lowest BCUT2D eigenvalue weighted by molar-refractivity contribution is -0.132. The summed E-state index contributed by atoms with van der Waals surface area (Å²) in [4.78, 5) is 28.5. The topological polar surface area (TPSA) is 91.6 Å². The van der Waals surface area contributed by atoms with Gasteiger partial charge in [-0.25, -0.2) is 4.63 Å². The van der Waals surface area contributed by atoms with Gasteiger partial charge in [-0.2, -0.15) is 0 Å². The molecule has 0 saturated carbocycles. The Hall–Kier alpha value is -2.90. The largest absolute Gasteiger partial charge is 0.349 e. The molecule has 1 atom stereocenters. The summed E-state index contributed by atoms with van der Waals surface area (Å²) in [6, 6.07) is 7.19. The first-order valence-corrected chi connectivity index (χ1v) is 8.35. The van der Waals surface area contributed by atoms with Crippen molar-refractivity contribution in [2.45, 2.75) is 19.4 Å². The maximum absolute atomic E-state index is 12.6. The van der Waals surface area contributed by atoms with Gasteiger partial charge in [-0.05, 0) is 23.7 Å². The molecule has 1 N–H and O–H groups in total. The quantitative estimate of drug-likeness (QED) is 0.892. The molecule has 1 fully saturated rings. The van der Waals surface area contributed by atoms with Crippen LogP contribution in [0.25, 0.3) is 0 Å². The summed E-state index contributed by atoms with van der Waals surface area (Å²) >= 11 is 0. The number of carbonyl (C=O) groups excluding carboxylic acids is 2. The summed E-state index contributed by atoms with van der Waals surface area (Å²) in [6.07, 6.45) is 0.285. The fraction of sp³-hybridized carbons (Fsp3) is 0.412. The smallest absolute Gasteiger partial charge is 0.252 e. The van der Waals surface area contributed by atoms with Crippen molar-refractivity contribution in [1.82, 2.24) is 20.5 Å². The Morgan fingerprint density at radius 3 is 2.72 bits per heavy atom. The molecule has 8 heteroatoms. The number of anilines is 1. The van der Waals surface area contributed by atoms with E-state index in [9.17, 15) is 9.59 Å². The number of piperazine rings is 1. The molecule has 2 aromatic rings. The number of benzene rings is 1. The number of amides is 2. The van der Waals surface area contributed by atoms with E-state index in [2.05, 4.69) is 20.5 Å². The average Bonchev–Trinajstić information content (AvgIpc) is 3.19. The van der Waals surface area contributed by atoms with Crippen LogP contribution in [0.3, 0.4) is 0 Å². The van der Waals surface area contributed by atoms with Gasteiger partial charge >= 0.3 is 0 Å². The van der Waals surface area contributed by atoms with E-state index in [0.717, 1.165) is 17.1 Å². The Balaban J connectivity index is 1.37. The lowest BCUT2D eigenvalue weighted by Gasteiger charge is -2.35. The highest BCUT2D eigenvalue weighted by molar-refractivity contribution is 5.99. The van der Waals surface area contributed by atoms with Gasteiger partial charge in [0, 0.05) is 31.7 Å². The monoisotopic (exact) mass is 341 g/mol. The molecule has 0 aliphatic carbocycles. The average molecular weight is 341 g/mol. The third-order valence-corrected chi connectivity index (χ3v) is 4.83. The van der Waals surface area contributed by atoms with Crippen LogP contribution in [0.2, 0.25) is 0 Å². The molecular weight excluding hydrogens is 322 g/mol. The Morgan fingerprint density at radius 1 is 1.24 bits per heavy atom. The van der Waals surface area contributed by atoms with Crippen LogP contribution >= 0.6 is 0 Å². The molecule has 2 aliphatic rings. The van der Waals surface area contributed by atoms with Crippen molar-refractivity contribution >= 4 is 17.6 Å². The van der Waals surface area contributed by atoms with Gasteiger partial charge in [-0.3, -0.25) is 9.59 Å². The zero-order valence-corrected chi connectivity index (χ0v) is 13.9. The van der Waals surface area contributed by atoms with E-state index in [-0.39, 0.29) is 24.3 Å². The number of hydrogen-bond acceptors (Lipinski definition) is 6. The molecule has 0 spiro atoms. The Morgan fingerprint density at radius 2 is 2.00 bits per heavy atom. The molecule has 3 heterocycles. The van der Waals surface area contributed by atoms with Crippen molar-refractivity contribution in [1.29, 1.82) is 0 Å². The normalized spacial score (nSPS) is 19.7. The standard InChI is InChI=1S/C17H19N5O3/c1-11-16(20-25-19-11)22-8-6-21(7-9-22)15(23)10-14-12-4-2-3-5-13(12)17(24)18-14/h2-5,14H,6-10H2,1H3,(H,18,24). The van der Waals surface area contributed by atoms with Crippen molar-refractivity contribution in [3.63, 3.8) is 0 Å². The maximum Gasteiger partial charge on any atom is 0.252 e. The number of hydrogen-bond donors (Lipinski definition) is 1. The minimum Gasteiger partial charge on any atom is -0.349 e. The summed E-state index contributed by atoms with van der Waals surface area (Å²) in [5.74, 6) is 0.688. The summed E-state index contributed by atoms with van der Waals surface area (Å²) in [6.45, 7) is 4.47. The molecule has 1 saturated heterocycles. The fourth-order valence-electron chi connectivity index (χ4n) is 3.47. The summed E-state index contributed by atoms with van der Waals surface area (Å²) in [5.41, 5.74) is 2.33. The number of aromatic nitrogens is 2. The highest BCUT2D eigenvalue weighted by atomic mass is 16.6. The predicted octanol–water partition coefficient (Wildman–Crippen LogP) is 0.901. The van der Waals surface area contributed by atoms with Crippen molar-refractivity contribution in [3.8, 4) is 0 Å². The third kappa shape index (κ3) is 2.84. The van der Waals surface area contributed by atoms with Crippen molar-refractivity contribution in [3.05, 3.63) is 41.1 Å². The second-order valence-corrected chi connectivity index (χ2v) is 6.36. The number of fused-ring (bicyclic) bond motifs is 1. The van der Waals surface area contributed by atoms with Gasteiger partial charge in [-0.15, -0.1) is 0 Å². The van der Waals surface area contributed by atoms with Crippen LogP contribution in [0.4, 0.5) is 5.82 Å². The lowest BCUT2D eigenvalue weighted by Crippen LogP contribution is -2.49. The minimum absolute atomic E-state index is 0.0525. The molecule has 25 heavy (non-hydrogen) atoms. The summed E-state index contributed by atoms with van der Waals surface area (Å²) in [7, 11) is 0. The summed E-state index contributed by atoms with van der Waals surface area (Å²) in [5, 5.41) is 10.6. The zero-order valence-electron chi connectivity index (χ0n) is 13.9. The van der Waals surface area contributed by atoms with Crippen LogP contribution in [0.5, 0.6) is 0 Å². The van der Waals surface area contributed by atoms with Gasteiger partial charge in [0.15, 0.2) is 5.82 Å². The highest BCUT2D eigenvalue weighted by Crippen LogP contribution is 2.28. The van der Waals surface area contributed by atoms with E-state index in [1.54, 1.807) is 6.07 Å². The van der Waals surface area contributed by atoms with Crippen LogP contribution in [-0.4, -0.2) is 53.2 Å². The van der Waals surface area contributed by atoms with Gasteiger partial charge in [0.25, 0.3) is 5.91 Å². The van der Waals surface area contributed by atoms with E-state index < -0.39 is 0 Å². The molecule has 1 unspecified atom stereocenters. The van der Waals surface area contributed by atoms with Gasteiger partial charge in [0.1, 0.15) is 5.69 Å². The third-order valence-electron chi connectivity index (χ3n) is 4.83. The van der Waals surface area contributed by atoms with Crippen LogP contribution < -0.4 is 10.2 Å². The SMILES string of the molecule is Cc1nonc1N1CCN(C(=O)CC2NC(=O)c3ccccc32)CC1. The first-order valence-electron chi connectivity index (χ1n) is 8.35. The van der Waals surface area contributed by atoms with E-state index in [1.807, 2.05) is 30.0 Å². The number of carbonyl (C=O) groups is 2. The molecule has 2 aliphatic heterocycles. The van der Waals surface area contributed by atoms with Crippen molar-refractivity contribution in [2.75, 3.05) is 31.1 Å². The minimum atomic E-state index is -0.240. The van der Waals surface area contributed by atoms with Crippen molar-refractivity contribution < 1.29 is 14.2 Å². The molecular formula is C17H19N5O3. The summed E-state index contributed by atoms with van der Waals surface area (Å²) < 4.78 is 4.74. The van der Waals surface area contributed by atoms with Gasteiger partial charge < -0.3 is 15.1 Å². The van der Waals surface area contributed by atoms with Gasteiger partial charge in [0.2, 0.25) is 5.91 Å². The number of aryl methyl sites for hydroxylation is 1. The van der Waals surface area contributed by atoms with E-state index in [4.69, 9.17) is 4.63 Å². The maximum atomic E-state index is 12.6. The first kappa shape index (κ1) is 15.6. The number of rotatable bonds is 3. The Labute approximate surface area is 144 Å². The molecule has 1 aromatic carbocycles. The van der Waals surface area contributed by atoms with Crippen LogP contribution in [-0.2, 0) is 4.79 Å². The second kappa shape index (κ2) is 6.19. The van der Waals surface area contributed by atoms with Crippen LogP contribution in [0, 0.1) is 6.92 Å². The van der Waals surface area contributed by atoms with E-state index in [1.165, 1.54) is 0 Å². The predicted molar refractivity (Wildman–Crippen MR) is 89.1 cm³/mol. The molecule has 0 radical (unpaired) electrons. The van der Waals surface area contributed by atoms with Crippen LogP contribution in [0.1, 0.15) is 34.1 Å². The van der Waals surface area contributed by atoms with Crippen molar-refractivity contribution in [2.24, 2.45) is 0 Å². The fourth-order valence-corrected chi connectivity index (χ4v) is 3.47. The number of nitrogens with zero attached hydrogens (tertiary/aromatic N) is 4. The molecule has 0 bridgehead atoms. The van der Waals surface area contributed by atoms with E-state index in [0.29, 0.717) is 31.7 Å². The number of nitrogens with one attached hydrogen (secondary N) is 1. The molecule has 2 amide bonds. The molecule has 4 rings (SSSR count). The highest BCUT2D eigenvalue weighted by Gasteiger charge is 2.32. The Bertz CT molecular complexity index is 810. The van der Waals surface area contributed by atoms with Gasteiger partial charge in [-0.1, -0.05) is 23.4 Å². The van der Waals surface area contributed by atoms with Gasteiger partial charge in [0.05, 0.1) is 12.5 Å². The van der Waals surface area contributed by atoms with E-state index >= 15 is 0 Å². The van der Waals surface area contributed by atoms with Crippen LogP contribution in [0.15, 0.2) is 28.9 Å².